The molecule has 19 heavy (non-hydrogen) atoms. The summed E-state index contributed by atoms with van der Waals surface area (Å²) in [5, 5.41) is 6.39. The van der Waals surface area contributed by atoms with Crippen LogP contribution in [0, 0.1) is 0 Å². The van der Waals surface area contributed by atoms with Crippen molar-refractivity contribution in [3.05, 3.63) is 35.9 Å². The minimum absolute atomic E-state index is 0.0980. The van der Waals surface area contributed by atoms with E-state index in [-0.39, 0.29) is 12.1 Å². The molecule has 0 aliphatic carbocycles. The molecular formula is C15H21N3O. The van der Waals surface area contributed by atoms with Gasteiger partial charge in [0.1, 0.15) is 0 Å². The van der Waals surface area contributed by atoms with Crippen molar-refractivity contribution in [2.24, 2.45) is 0 Å². The van der Waals surface area contributed by atoms with Crippen LogP contribution in [-0.4, -0.2) is 43.2 Å². The molecule has 2 N–H and O–H groups in total. The van der Waals surface area contributed by atoms with E-state index in [9.17, 15) is 4.79 Å². The standard InChI is InChI=1S/C15H21N3O/c19-15-17-8-4-10-18(15)14-11-16-9-7-13(14)12-5-2-1-3-6-12/h1-3,5-6,13-14,16H,4,7-11H2,(H,17,19)/t13-,14+/m0/s1. The maximum atomic E-state index is 12.1. The number of carbonyl (C=O) groups excluding carboxylic acids is 1. The van der Waals surface area contributed by atoms with Crippen LogP contribution >= 0.6 is 0 Å². The molecule has 0 spiro atoms. The quantitative estimate of drug-likeness (QED) is 0.846. The van der Waals surface area contributed by atoms with Crippen LogP contribution in [-0.2, 0) is 0 Å². The molecule has 4 nitrogen and oxygen atoms in total. The molecule has 0 bridgehead atoms. The number of nitrogens with zero attached hydrogens (tertiary/aromatic N) is 1. The first-order valence-corrected chi connectivity index (χ1v) is 7.16. The maximum Gasteiger partial charge on any atom is 0.317 e. The minimum atomic E-state index is 0.0980. The van der Waals surface area contributed by atoms with Gasteiger partial charge in [0.15, 0.2) is 0 Å². The first kappa shape index (κ1) is 12.5. The van der Waals surface area contributed by atoms with Crippen molar-refractivity contribution in [2.75, 3.05) is 26.2 Å². The summed E-state index contributed by atoms with van der Waals surface area (Å²) in [5.41, 5.74) is 1.35. The van der Waals surface area contributed by atoms with E-state index in [1.165, 1.54) is 5.56 Å². The molecule has 0 saturated carbocycles. The van der Waals surface area contributed by atoms with Gasteiger partial charge in [-0.3, -0.25) is 0 Å². The number of benzene rings is 1. The van der Waals surface area contributed by atoms with Crippen molar-refractivity contribution in [1.29, 1.82) is 0 Å². The molecule has 2 heterocycles. The predicted octanol–water partition coefficient (Wildman–Crippen LogP) is 1.55. The Balaban J connectivity index is 1.82. The normalized spacial score (nSPS) is 28.0. The van der Waals surface area contributed by atoms with Crippen molar-refractivity contribution >= 4 is 6.03 Å². The molecule has 4 heteroatoms. The van der Waals surface area contributed by atoms with E-state index in [1.807, 2.05) is 11.0 Å². The van der Waals surface area contributed by atoms with Crippen LogP contribution in [0.4, 0.5) is 4.79 Å². The van der Waals surface area contributed by atoms with Crippen LogP contribution in [0.1, 0.15) is 24.3 Å². The molecule has 2 aliphatic heterocycles. The topological polar surface area (TPSA) is 44.4 Å². The zero-order chi connectivity index (χ0) is 13.1. The highest BCUT2D eigenvalue weighted by atomic mass is 16.2. The predicted molar refractivity (Wildman–Crippen MR) is 75.2 cm³/mol. The van der Waals surface area contributed by atoms with Crippen molar-refractivity contribution in [3.63, 3.8) is 0 Å². The van der Waals surface area contributed by atoms with Gasteiger partial charge in [0, 0.05) is 25.6 Å². The number of nitrogens with one attached hydrogen (secondary N) is 2. The SMILES string of the molecule is O=C1NCCCN1[C@@H]1CNCC[C@H]1c1ccccc1. The summed E-state index contributed by atoms with van der Waals surface area (Å²) in [6.45, 7) is 3.62. The third-order valence-electron chi connectivity index (χ3n) is 4.19. The van der Waals surface area contributed by atoms with Crippen molar-refractivity contribution in [3.8, 4) is 0 Å². The van der Waals surface area contributed by atoms with Gasteiger partial charge < -0.3 is 15.5 Å². The number of rotatable bonds is 2. The second-order valence-electron chi connectivity index (χ2n) is 5.36. The fourth-order valence-electron chi connectivity index (χ4n) is 3.22. The molecule has 0 unspecified atom stereocenters. The van der Waals surface area contributed by atoms with Gasteiger partial charge in [0.05, 0.1) is 6.04 Å². The number of amides is 2. The number of piperidine rings is 1. The smallest absolute Gasteiger partial charge is 0.317 e. The molecule has 1 aromatic carbocycles. The summed E-state index contributed by atoms with van der Waals surface area (Å²) in [4.78, 5) is 14.1. The Bertz CT molecular complexity index is 434. The Morgan fingerprint density at radius 3 is 2.79 bits per heavy atom. The second-order valence-corrected chi connectivity index (χ2v) is 5.36. The van der Waals surface area contributed by atoms with Gasteiger partial charge in [0.2, 0.25) is 0 Å². The molecule has 1 aromatic rings. The van der Waals surface area contributed by atoms with E-state index in [0.29, 0.717) is 5.92 Å². The third kappa shape index (κ3) is 2.59. The fraction of sp³-hybridized carbons (Fsp3) is 0.533. The molecule has 2 fully saturated rings. The van der Waals surface area contributed by atoms with Gasteiger partial charge in [-0.2, -0.15) is 0 Å². The van der Waals surface area contributed by atoms with E-state index in [2.05, 4.69) is 34.9 Å². The molecule has 2 aliphatic rings. The first-order valence-electron chi connectivity index (χ1n) is 7.16. The van der Waals surface area contributed by atoms with E-state index < -0.39 is 0 Å². The molecule has 0 radical (unpaired) electrons. The lowest BCUT2D eigenvalue weighted by Gasteiger charge is -2.42. The summed E-state index contributed by atoms with van der Waals surface area (Å²) in [5.74, 6) is 0.450. The van der Waals surface area contributed by atoms with Gasteiger partial charge >= 0.3 is 6.03 Å². The number of carbonyl (C=O) groups is 1. The molecule has 2 atom stereocenters. The Kier molecular flexibility index (Phi) is 3.69. The van der Waals surface area contributed by atoms with Gasteiger partial charge in [-0.1, -0.05) is 30.3 Å². The van der Waals surface area contributed by atoms with Crippen LogP contribution in [0.25, 0.3) is 0 Å². The van der Waals surface area contributed by atoms with Gasteiger partial charge in [-0.05, 0) is 24.9 Å². The van der Waals surface area contributed by atoms with Crippen molar-refractivity contribution < 1.29 is 4.79 Å². The Labute approximate surface area is 114 Å². The van der Waals surface area contributed by atoms with E-state index in [4.69, 9.17) is 0 Å². The second kappa shape index (κ2) is 5.61. The summed E-state index contributed by atoms with van der Waals surface area (Å²) in [7, 11) is 0. The summed E-state index contributed by atoms with van der Waals surface area (Å²) >= 11 is 0. The molecule has 2 amide bonds. The van der Waals surface area contributed by atoms with Crippen LogP contribution in [0.2, 0.25) is 0 Å². The summed E-state index contributed by atoms with van der Waals surface area (Å²) in [6.07, 6.45) is 2.14. The van der Waals surface area contributed by atoms with E-state index >= 15 is 0 Å². The molecule has 0 aromatic heterocycles. The van der Waals surface area contributed by atoms with Gasteiger partial charge in [0.25, 0.3) is 0 Å². The van der Waals surface area contributed by atoms with Crippen LogP contribution in [0.3, 0.4) is 0 Å². The zero-order valence-electron chi connectivity index (χ0n) is 11.1. The Morgan fingerprint density at radius 2 is 2.00 bits per heavy atom. The van der Waals surface area contributed by atoms with Crippen molar-refractivity contribution in [2.45, 2.75) is 24.8 Å². The lowest BCUT2D eigenvalue weighted by Crippen LogP contribution is -2.57. The average molecular weight is 259 g/mol. The molecule has 102 valence electrons. The van der Waals surface area contributed by atoms with E-state index in [0.717, 1.165) is 39.0 Å². The number of urea groups is 1. The van der Waals surface area contributed by atoms with E-state index in [1.54, 1.807) is 0 Å². The van der Waals surface area contributed by atoms with Gasteiger partial charge in [-0.15, -0.1) is 0 Å². The van der Waals surface area contributed by atoms with Crippen LogP contribution < -0.4 is 10.6 Å². The Morgan fingerprint density at radius 1 is 1.16 bits per heavy atom. The monoisotopic (exact) mass is 259 g/mol. The minimum Gasteiger partial charge on any atom is -0.338 e. The largest absolute Gasteiger partial charge is 0.338 e. The Hall–Kier alpha value is -1.55. The summed E-state index contributed by atoms with van der Waals surface area (Å²) < 4.78 is 0. The number of hydrogen-bond acceptors (Lipinski definition) is 2. The van der Waals surface area contributed by atoms with Crippen molar-refractivity contribution in [1.82, 2.24) is 15.5 Å². The maximum absolute atomic E-state index is 12.1. The zero-order valence-corrected chi connectivity index (χ0v) is 11.1. The highest BCUT2D eigenvalue weighted by Crippen LogP contribution is 2.29. The van der Waals surface area contributed by atoms with Crippen LogP contribution in [0.5, 0.6) is 0 Å². The lowest BCUT2D eigenvalue weighted by molar-refractivity contribution is 0.137. The summed E-state index contributed by atoms with van der Waals surface area (Å²) in [6, 6.07) is 11.0. The molecule has 2 saturated heterocycles. The average Bonchev–Trinajstić information content (AvgIpc) is 2.49. The lowest BCUT2D eigenvalue weighted by atomic mass is 9.85. The molecular weight excluding hydrogens is 238 g/mol. The van der Waals surface area contributed by atoms with Crippen LogP contribution in [0.15, 0.2) is 30.3 Å². The fourth-order valence-corrected chi connectivity index (χ4v) is 3.22. The number of hydrogen-bond donors (Lipinski definition) is 2. The highest BCUT2D eigenvalue weighted by molar-refractivity contribution is 5.75. The highest BCUT2D eigenvalue weighted by Gasteiger charge is 2.34. The third-order valence-corrected chi connectivity index (χ3v) is 4.19. The first-order chi connectivity index (χ1) is 9.36. The van der Waals surface area contributed by atoms with Gasteiger partial charge in [-0.25, -0.2) is 4.79 Å². The molecule has 3 rings (SSSR count).